The monoisotopic (exact) mass is 281 g/mol. The van der Waals surface area contributed by atoms with Gasteiger partial charge >= 0.3 is 0 Å². The van der Waals surface area contributed by atoms with Gasteiger partial charge in [-0.2, -0.15) is 0 Å². The van der Waals surface area contributed by atoms with Gasteiger partial charge in [0, 0.05) is 26.2 Å². The van der Waals surface area contributed by atoms with Crippen molar-refractivity contribution < 1.29 is 23.0 Å². The van der Waals surface area contributed by atoms with Crippen LogP contribution in [0.5, 0.6) is 5.75 Å². The number of hydrogen-bond acceptors (Lipinski definition) is 4. The van der Waals surface area contributed by atoms with Crippen LogP contribution in [0.15, 0.2) is 18.2 Å². The number of aromatic nitrogens is 1. The maximum Gasteiger partial charge on any atom is 0.168 e. The lowest BCUT2D eigenvalue weighted by Gasteiger charge is -2.10. The molecular formula is C14H13F2NO3. The van der Waals surface area contributed by atoms with E-state index in [1.54, 1.807) is 7.11 Å². The Morgan fingerprint density at radius 1 is 1.25 bits per heavy atom. The maximum atomic E-state index is 13.8. The van der Waals surface area contributed by atoms with Gasteiger partial charge in [0.2, 0.25) is 0 Å². The van der Waals surface area contributed by atoms with Crippen molar-refractivity contribution in [1.82, 2.24) is 4.98 Å². The van der Waals surface area contributed by atoms with E-state index in [2.05, 4.69) is 4.98 Å². The van der Waals surface area contributed by atoms with E-state index in [9.17, 15) is 13.6 Å². The van der Waals surface area contributed by atoms with E-state index in [0.717, 1.165) is 12.1 Å². The fourth-order valence-electron chi connectivity index (χ4n) is 1.81. The van der Waals surface area contributed by atoms with Gasteiger partial charge in [-0.3, -0.25) is 4.79 Å². The minimum Gasteiger partial charge on any atom is -0.493 e. The van der Waals surface area contributed by atoms with Crippen molar-refractivity contribution in [3.05, 3.63) is 35.5 Å². The van der Waals surface area contributed by atoms with Gasteiger partial charge in [-0.1, -0.05) is 0 Å². The fraction of sp³-hybridized carbons (Fsp3) is 0.286. The molecule has 2 rings (SSSR count). The summed E-state index contributed by atoms with van der Waals surface area (Å²) in [6.45, 7) is 0.752. The van der Waals surface area contributed by atoms with Crippen LogP contribution in [0.2, 0.25) is 0 Å². The first kappa shape index (κ1) is 14.3. The van der Waals surface area contributed by atoms with E-state index >= 15 is 0 Å². The van der Waals surface area contributed by atoms with Gasteiger partial charge in [-0.15, -0.1) is 0 Å². The van der Waals surface area contributed by atoms with Gasteiger partial charge in [0.05, 0.1) is 12.0 Å². The molecule has 20 heavy (non-hydrogen) atoms. The minimum absolute atomic E-state index is 0.0104. The number of methoxy groups -OCH3 is 1. The Labute approximate surface area is 114 Å². The van der Waals surface area contributed by atoms with E-state index in [1.165, 1.54) is 6.07 Å². The molecular weight excluding hydrogens is 268 g/mol. The standard InChI is InChI=1S/C14H13F2NO3/c1-19-5-2-6-20-12-7-9(8-18)17-14-11(16)4-3-10(15)13(12)14/h3-4,7-8H,2,5-6H2,1H3. The smallest absolute Gasteiger partial charge is 0.168 e. The van der Waals surface area contributed by atoms with Crippen LogP contribution in [0.25, 0.3) is 10.9 Å². The fourth-order valence-corrected chi connectivity index (χ4v) is 1.81. The average molecular weight is 281 g/mol. The molecule has 0 fully saturated rings. The summed E-state index contributed by atoms with van der Waals surface area (Å²) in [5.41, 5.74) is -0.222. The summed E-state index contributed by atoms with van der Waals surface area (Å²) in [4.78, 5) is 14.6. The first-order valence-electron chi connectivity index (χ1n) is 6.03. The normalized spacial score (nSPS) is 10.8. The molecule has 0 unspecified atom stereocenters. The van der Waals surface area contributed by atoms with Crippen LogP contribution >= 0.6 is 0 Å². The first-order chi connectivity index (χ1) is 9.67. The number of benzene rings is 1. The zero-order valence-electron chi connectivity index (χ0n) is 10.9. The summed E-state index contributed by atoms with van der Waals surface area (Å²) in [5, 5.41) is -0.0620. The Balaban J connectivity index is 2.45. The predicted octanol–water partition coefficient (Wildman–Crippen LogP) is 2.74. The number of ether oxygens (including phenoxy) is 2. The van der Waals surface area contributed by atoms with E-state index in [4.69, 9.17) is 9.47 Å². The molecule has 0 amide bonds. The second-order valence-electron chi connectivity index (χ2n) is 4.11. The Bertz CT molecular complexity index is 631. The molecule has 1 aromatic carbocycles. The topological polar surface area (TPSA) is 48.4 Å². The maximum absolute atomic E-state index is 13.8. The second kappa shape index (κ2) is 6.38. The highest BCUT2D eigenvalue weighted by atomic mass is 19.1. The van der Waals surface area contributed by atoms with E-state index in [-0.39, 0.29) is 29.0 Å². The number of nitrogens with zero attached hydrogens (tertiary/aromatic N) is 1. The summed E-state index contributed by atoms with van der Waals surface area (Å²) in [6.07, 6.45) is 1.06. The van der Waals surface area contributed by atoms with Crippen molar-refractivity contribution in [2.45, 2.75) is 6.42 Å². The SMILES string of the molecule is COCCCOc1cc(C=O)nc2c(F)ccc(F)c12. The van der Waals surface area contributed by atoms with Gasteiger partial charge in [0.15, 0.2) is 6.29 Å². The summed E-state index contributed by atoms with van der Waals surface area (Å²) in [7, 11) is 1.56. The van der Waals surface area contributed by atoms with Crippen LogP contribution in [0.4, 0.5) is 8.78 Å². The molecule has 2 aromatic rings. The summed E-state index contributed by atoms with van der Waals surface area (Å²) in [5.74, 6) is -1.25. The second-order valence-corrected chi connectivity index (χ2v) is 4.11. The molecule has 0 radical (unpaired) electrons. The lowest BCUT2D eigenvalue weighted by atomic mass is 10.1. The van der Waals surface area contributed by atoms with Crippen LogP contribution in [0.3, 0.4) is 0 Å². The Morgan fingerprint density at radius 3 is 2.70 bits per heavy atom. The molecule has 0 bridgehead atoms. The van der Waals surface area contributed by atoms with Crippen molar-refractivity contribution in [3.8, 4) is 5.75 Å². The van der Waals surface area contributed by atoms with Crippen LogP contribution < -0.4 is 4.74 Å². The molecule has 0 atom stereocenters. The highest BCUT2D eigenvalue weighted by Crippen LogP contribution is 2.29. The molecule has 0 saturated heterocycles. The van der Waals surface area contributed by atoms with Gasteiger partial charge in [0.25, 0.3) is 0 Å². The molecule has 1 aromatic heterocycles. The van der Waals surface area contributed by atoms with Gasteiger partial charge in [0.1, 0.15) is 28.6 Å². The van der Waals surface area contributed by atoms with Crippen molar-refractivity contribution in [2.75, 3.05) is 20.3 Å². The predicted molar refractivity (Wildman–Crippen MR) is 69.0 cm³/mol. The highest BCUT2D eigenvalue weighted by Gasteiger charge is 2.15. The summed E-state index contributed by atoms with van der Waals surface area (Å²) < 4.78 is 37.8. The van der Waals surface area contributed by atoms with Crippen LogP contribution in [0.1, 0.15) is 16.9 Å². The summed E-state index contributed by atoms with van der Waals surface area (Å²) >= 11 is 0. The van der Waals surface area contributed by atoms with Crippen LogP contribution in [-0.4, -0.2) is 31.6 Å². The van der Waals surface area contributed by atoms with Gasteiger partial charge in [-0.05, 0) is 12.1 Å². The van der Waals surface area contributed by atoms with Gasteiger partial charge in [-0.25, -0.2) is 13.8 Å². The van der Waals surface area contributed by atoms with Crippen molar-refractivity contribution >= 4 is 17.2 Å². The number of halogens is 2. The molecule has 0 spiro atoms. The number of rotatable bonds is 6. The molecule has 4 nitrogen and oxygen atoms in total. The third kappa shape index (κ3) is 2.91. The van der Waals surface area contributed by atoms with E-state index < -0.39 is 11.6 Å². The molecule has 106 valence electrons. The van der Waals surface area contributed by atoms with E-state index in [1.807, 2.05) is 0 Å². The first-order valence-corrected chi connectivity index (χ1v) is 6.03. The minimum atomic E-state index is -0.702. The van der Waals surface area contributed by atoms with Crippen molar-refractivity contribution in [2.24, 2.45) is 0 Å². The molecule has 0 aliphatic heterocycles. The largest absolute Gasteiger partial charge is 0.493 e. The lowest BCUT2D eigenvalue weighted by Crippen LogP contribution is -2.04. The zero-order chi connectivity index (χ0) is 14.5. The Morgan fingerprint density at radius 2 is 2.00 bits per heavy atom. The number of pyridine rings is 1. The van der Waals surface area contributed by atoms with Crippen molar-refractivity contribution in [1.29, 1.82) is 0 Å². The van der Waals surface area contributed by atoms with Crippen LogP contribution in [-0.2, 0) is 4.74 Å². The quantitative estimate of drug-likeness (QED) is 0.603. The lowest BCUT2D eigenvalue weighted by molar-refractivity contribution is 0.111. The Hall–Kier alpha value is -2.08. The van der Waals surface area contributed by atoms with Crippen molar-refractivity contribution in [3.63, 3.8) is 0 Å². The zero-order valence-corrected chi connectivity index (χ0v) is 10.9. The highest BCUT2D eigenvalue weighted by molar-refractivity contribution is 5.89. The number of carbonyl (C=O) groups is 1. The molecule has 1 heterocycles. The molecule has 0 saturated carbocycles. The van der Waals surface area contributed by atoms with Gasteiger partial charge < -0.3 is 9.47 Å². The van der Waals surface area contributed by atoms with Crippen LogP contribution in [0, 0.1) is 11.6 Å². The number of aldehydes is 1. The third-order valence-electron chi connectivity index (χ3n) is 2.72. The molecule has 0 aliphatic rings. The molecule has 0 N–H and O–H groups in total. The number of carbonyl (C=O) groups excluding carboxylic acids is 1. The molecule has 0 aliphatic carbocycles. The third-order valence-corrected chi connectivity index (χ3v) is 2.72. The summed E-state index contributed by atoms with van der Waals surface area (Å²) in [6, 6.07) is 3.26. The van der Waals surface area contributed by atoms with E-state index in [0.29, 0.717) is 19.3 Å². The number of fused-ring (bicyclic) bond motifs is 1. The Kier molecular flexibility index (Phi) is 4.57. The number of hydrogen-bond donors (Lipinski definition) is 0. The molecule has 6 heteroatoms. The average Bonchev–Trinajstić information content (AvgIpc) is 2.47.